The minimum Gasteiger partial charge on any atom is -0.460 e. The van der Waals surface area contributed by atoms with Gasteiger partial charge in [-0.3, -0.25) is 5.09 Å². The molecule has 0 aromatic rings. The van der Waals surface area contributed by atoms with Crippen LogP contribution in [0.4, 0.5) is 0 Å². The average molecular weight is 173 g/mol. The van der Waals surface area contributed by atoms with Crippen molar-refractivity contribution in [2.24, 2.45) is 0 Å². The highest BCUT2D eigenvalue weighted by atomic mass is 32.4. The molecule has 0 saturated heterocycles. The molecule has 0 fully saturated rings. The van der Waals surface area contributed by atoms with Gasteiger partial charge in [0.2, 0.25) is 0 Å². The second kappa shape index (κ2) is 2.75. The van der Waals surface area contributed by atoms with Crippen LogP contribution in [0.25, 0.3) is 0 Å². The standard InChI is InChI=1S/C6H8NOPS/c1-3-6-4-8-9(10,5-6)7-2/h1,4H,5H2,2H3,(H,7,10). The number of rotatable bonds is 1. The highest BCUT2D eigenvalue weighted by molar-refractivity contribution is 8.11. The maximum atomic E-state index is 5.20. The molecule has 0 radical (unpaired) electrons. The zero-order chi connectivity index (χ0) is 7.61. The maximum Gasteiger partial charge on any atom is 0.182 e. The molecule has 0 saturated carbocycles. The van der Waals surface area contributed by atoms with E-state index in [9.17, 15) is 0 Å². The van der Waals surface area contributed by atoms with Crippen LogP contribution in [0.15, 0.2) is 11.8 Å². The number of hydrogen-bond donors (Lipinski definition) is 1. The van der Waals surface area contributed by atoms with Crippen LogP contribution in [0, 0.1) is 12.3 Å². The summed E-state index contributed by atoms with van der Waals surface area (Å²) in [4.78, 5) is 0. The van der Waals surface area contributed by atoms with E-state index >= 15 is 0 Å². The molecule has 0 amide bonds. The van der Waals surface area contributed by atoms with Crippen LogP contribution >= 0.6 is 6.42 Å². The fraction of sp³-hybridized carbons (Fsp3) is 0.333. The minimum absolute atomic E-state index is 0.704. The quantitative estimate of drug-likeness (QED) is 0.473. The Morgan fingerprint density at radius 1 is 2.00 bits per heavy atom. The van der Waals surface area contributed by atoms with Gasteiger partial charge in [-0.25, -0.2) is 0 Å². The van der Waals surface area contributed by atoms with Crippen molar-refractivity contribution in [3.05, 3.63) is 11.8 Å². The van der Waals surface area contributed by atoms with E-state index in [1.54, 1.807) is 13.3 Å². The lowest BCUT2D eigenvalue weighted by atomic mass is 10.4. The summed E-state index contributed by atoms with van der Waals surface area (Å²) < 4.78 is 5.20. The van der Waals surface area contributed by atoms with Crippen molar-refractivity contribution in [3.8, 4) is 12.3 Å². The molecular weight excluding hydrogens is 165 g/mol. The molecule has 1 rings (SSSR count). The first kappa shape index (κ1) is 7.81. The molecule has 1 unspecified atom stereocenters. The third-order valence-electron chi connectivity index (χ3n) is 1.27. The van der Waals surface area contributed by atoms with Crippen molar-refractivity contribution in [1.29, 1.82) is 0 Å². The van der Waals surface area contributed by atoms with Crippen LogP contribution < -0.4 is 5.09 Å². The van der Waals surface area contributed by atoms with Crippen molar-refractivity contribution in [1.82, 2.24) is 5.09 Å². The lowest BCUT2D eigenvalue weighted by Gasteiger charge is -2.12. The van der Waals surface area contributed by atoms with Gasteiger partial charge in [0.15, 0.2) is 6.42 Å². The molecule has 1 N–H and O–H groups in total. The Morgan fingerprint density at radius 2 is 2.70 bits per heavy atom. The predicted octanol–water partition coefficient (Wildman–Crippen LogP) is 1.06. The predicted molar refractivity (Wildman–Crippen MR) is 46.2 cm³/mol. The zero-order valence-corrected chi connectivity index (χ0v) is 7.34. The summed E-state index contributed by atoms with van der Waals surface area (Å²) in [5.41, 5.74) is 0.859. The van der Waals surface area contributed by atoms with E-state index in [1.165, 1.54) is 0 Å². The molecular formula is C6H8NOPS. The van der Waals surface area contributed by atoms with Crippen LogP contribution in [0.3, 0.4) is 0 Å². The van der Waals surface area contributed by atoms with Gasteiger partial charge in [0.25, 0.3) is 0 Å². The first-order valence-electron chi connectivity index (χ1n) is 2.82. The van der Waals surface area contributed by atoms with Crippen molar-refractivity contribution < 1.29 is 4.52 Å². The average Bonchev–Trinajstić information content (AvgIpc) is 2.33. The lowest BCUT2D eigenvalue weighted by molar-refractivity contribution is 0.539. The first-order chi connectivity index (χ1) is 4.70. The molecule has 1 aliphatic heterocycles. The van der Waals surface area contributed by atoms with Crippen LogP contribution in [0.1, 0.15) is 0 Å². The smallest absolute Gasteiger partial charge is 0.182 e. The number of terminal acetylenes is 1. The molecule has 1 atom stereocenters. The molecule has 2 nitrogen and oxygen atoms in total. The van der Waals surface area contributed by atoms with Crippen molar-refractivity contribution in [2.45, 2.75) is 0 Å². The summed E-state index contributed by atoms with van der Waals surface area (Å²) in [6, 6.07) is 0. The Balaban J connectivity index is 2.70. The highest BCUT2D eigenvalue weighted by Crippen LogP contribution is 2.48. The van der Waals surface area contributed by atoms with Crippen LogP contribution in [0.5, 0.6) is 0 Å². The van der Waals surface area contributed by atoms with Gasteiger partial charge in [0.1, 0.15) is 6.26 Å². The SMILES string of the molecule is C#CC1=COP(=S)(NC)C1. The monoisotopic (exact) mass is 173 g/mol. The van der Waals surface area contributed by atoms with Gasteiger partial charge in [0, 0.05) is 5.57 Å². The summed E-state index contributed by atoms with van der Waals surface area (Å²) in [5.74, 6) is 2.51. The number of nitrogens with one attached hydrogen (secondary N) is 1. The summed E-state index contributed by atoms with van der Waals surface area (Å²) in [7, 11) is 1.80. The largest absolute Gasteiger partial charge is 0.460 e. The second-order valence-corrected chi connectivity index (χ2v) is 6.04. The Hall–Kier alpha value is -0.290. The van der Waals surface area contributed by atoms with Crippen LogP contribution in [-0.4, -0.2) is 13.2 Å². The molecule has 0 aromatic carbocycles. The van der Waals surface area contributed by atoms with Gasteiger partial charge in [-0.15, -0.1) is 6.42 Å². The molecule has 10 heavy (non-hydrogen) atoms. The highest BCUT2D eigenvalue weighted by Gasteiger charge is 2.22. The molecule has 0 bridgehead atoms. The van der Waals surface area contributed by atoms with Crippen molar-refractivity contribution >= 4 is 18.2 Å². The summed E-state index contributed by atoms with van der Waals surface area (Å²) >= 11 is 5.14. The van der Waals surface area contributed by atoms with Crippen LogP contribution in [0.2, 0.25) is 0 Å². The molecule has 1 heterocycles. The summed E-state index contributed by atoms with van der Waals surface area (Å²) in [5, 5.41) is 2.96. The van der Waals surface area contributed by atoms with E-state index < -0.39 is 6.42 Å². The fourth-order valence-electron chi connectivity index (χ4n) is 0.659. The number of hydrogen-bond acceptors (Lipinski definition) is 2. The van der Waals surface area contributed by atoms with E-state index in [4.69, 9.17) is 22.8 Å². The van der Waals surface area contributed by atoms with Gasteiger partial charge in [-0.05, 0) is 18.9 Å². The Bertz CT molecular complexity index is 253. The molecule has 0 aliphatic carbocycles. The minimum atomic E-state index is -1.78. The van der Waals surface area contributed by atoms with E-state index in [0.29, 0.717) is 6.16 Å². The zero-order valence-electron chi connectivity index (χ0n) is 5.63. The number of allylic oxidation sites excluding steroid dienone is 1. The molecule has 54 valence electrons. The third-order valence-corrected chi connectivity index (χ3v) is 4.35. The van der Waals surface area contributed by atoms with Crippen LogP contribution in [-0.2, 0) is 16.3 Å². The normalized spacial score (nSPS) is 30.6. The fourth-order valence-corrected chi connectivity index (χ4v) is 2.46. The van der Waals surface area contributed by atoms with Gasteiger partial charge >= 0.3 is 0 Å². The van der Waals surface area contributed by atoms with Gasteiger partial charge in [-0.1, -0.05) is 5.92 Å². The van der Waals surface area contributed by atoms with E-state index in [0.717, 1.165) is 5.57 Å². The van der Waals surface area contributed by atoms with E-state index in [-0.39, 0.29) is 0 Å². The maximum absolute atomic E-state index is 5.20. The van der Waals surface area contributed by atoms with Gasteiger partial charge in [0.05, 0.1) is 6.16 Å². The Labute approximate surface area is 65.8 Å². The molecule has 0 spiro atoms. The van der Waals surface area contributed by atoms with E-state index in [2.05, 4.69) is 11.0 Å². The molecule has 1 aliphatic rings. The van der Waals surface area contributed by atoms with Crippen molar-refractivity contribution in [3.63, 3.8) is 0 Å². The first-order valence-corrected chi connectivity index (χ1v) is 5.73. The second-order valence-electron chi connectivity index (χ2n) is 1.95. The summed E-state index contributed by atoms with van der Waals surface area (Å²) in [6.45, 7) is 0. The lowest BCUT2D eigenvalue weighted by Crippen LogP contribution is -2.03. The van der Waals surface area contributed by atoms with Gasteiger partial charge in [-0.2, -0.15) is 0 Å². The van der Waals surface area contributed by atoms with Gasteiger partial charge < -0.3 is 4.52 Å². The topological polar surface area (TPSA) is 21.3 Å². The van der Waals surface area contributed by atoms with E-state index in [1.807, 2.05) is 0 Å². The molecule has 0 aromatic heterocycles. The third kappa shape index (κ3) is 1.41. The Kier molecular flexibility index (Phi) is 2.15. The molecule has 4 heteroatoms. The Morgan fingerprint density at radius 3 is 3.00 bits per heavy atom. The summed E-state index contributed by atoms with van der Waals surface area (Å²) in [6.07, 6.45) is 5.66. The van der Waals surface area contributed by atoms with Crippen molar-refractivity contribution in [2.75, 3.05) is 13.2 Å².